The lowest BCUT2D eigenvalue weighted by Gasteiger charge is -2.09. The van der Waals surface area contributed by atoms with Crippen LogP contribution in [0.4, 0.5) is 5.69 Å². The number of anilines is 1. The lowest BCUT2D eigenvalue weighted by Crippen LogP contribution is -2.17. The fourth-order valence-corrected chi connectivity index (χ4v) is 2.99. The first-order valence-electron chi connectivity index (χ1n) is 3.30. The van der Waals surface area contributed by atoms with Gasteiger partial charge in [-0.3, -0.25) is 8.63 Å². The van der Waals surface area contributed by atoms with Crippen LogP contribution >= 0.6 is 23.4 Å². The highest BCUT2D eigenvalue weighted by atomic mass is 35.5. The largest absolute Gasteiger partial charge is 0.254 e. The number of hydrogen-bond acceptors (Lipinski definition) is 2. The second-order valence-electron chi connectivity index (χ2n) is 2.37. The Morgan fingerprint density at radius 2 is 2.08 bits per heavy atom. The smallest absolute Gasteiger partial charge is 0.199 e. The summed E-state index contributed by atoms with van der Waals surface area (Å²) in [5, 5.41) is 0. The van der Waals surface area contributed by atoms with Crippen LogP contribution < -0.4 is 4.42 Å². The maximum atomic E-state index is 11.5. The van der Waals surface area contributed by atoms with E-state index in [1.165, 1.54) is 4.42 Å². The number of alkyl halides is 1. The van der Waals surface area contributed by atoms with Gasteiger partial charge in [-0.2, -0.15) is 0 Å². The zero-order valence-corrected chi connectivity index (χ0v) is 8.23. The molecule has 0 amide bonds. The normalized spacial score (nSPS) is 27.3. The summed E-state index contributed by atoms with van der Waals surface area (Å²) in [5.41, 5.74) is 0.734. The fourth-order valence-electron chi connectivity index (χ4n) is 1.10. The zero-order chi connectivity index (χ0) is 8.72. The van der Waals surface area contributed by atoms with Gasteiger partial charge in [0.25, 0.3) is 0 Å². The molecule has 2 unspecified atom stereocenters. The summed E-state index contributed by atoms with van der Waals surface area (Å²) in [6.07, 6.45) is 0. The van der Waals surface area contributed by atoms with Crippen molar-refractivity contribution < 1.29 is 4.21 Å². The van der Waals surface area contributed by atoms with Gasteiger partial charge in [-0.1, -0.05) is 23.7 Å². The van der Waals surface area contributed by atoms with E-state index in [1.54, 1.807) is 12.1 Å². The van der Waals surface area contributed by atoms with Gasteiger partial charge in [-0.15, -0.1) is 0 Å². The maximum absolute atomic E-state index is 11.5. The molecule has 1 aliphatic rings. The van der Waals surface area contributed by atoms with Crippen LogP contribution in [0.15, 0.2) is 29.2 Å². The first kappa shape index (κ1) is 8.35. The van der Waals surface area contributed by atoms with E-state index in [4.69, 9.17) is 23.4 Å². The Kier molecular flexibility index (Phi) is 2.02. The molecular formula is C7H5Cl2NOS. The number of nitrogens with zero attached hydrogens (tertiary/aromatic N) is 1. The van der Waals surface area contributed by atoms with E-state index in [9.17, 15) is 4.21 Å². The first-order chi connectivity index (χ1) is 5.72. The van der Waals surface area contributed by atoms with Crippen molar-refractivity contribution in [3.63, 3.8) is 0 Å². The second kappa shape index (κ2) is 2.91. The summed E-state index contributed by atoms with van der Waals surface area (Å²) in [7, 11) is -1.21. The van der Waals surface area contributed by atoms with Crippen molar-refractivity contribution >= 4 is 39.9 Å². The highest BCUT2D eigenvalue weighted by Gasteiger charge is 2.33. The molecule has 0 N–H and O–H groups in total. The molecule has 0 radical (unpaired) electrons. The number of rotatable bonds is 0. The Bertz CT molecular complexity index is 344. The quantitative estimate of drug-likeness (QED) is 0.381. The topological polar surface area (TPSA) is 20.3 Å². The SMILES string of the molecule is O=S1c2ccccc2N(Cl)C1Cl. The van der Waals surface area contributed by atoms with E-state index in [2.05, 4.69) is 0 Å². The Morgan fingerprint density at radius 3 is 2.75 bits per heavy atom. The predicted molar refractivity (Wildman–Crippen MR) is 50.8 cm³/mol. The summed E-state index contributed by atoms with van der Waals surface area (Å²) in [5.74, 6) is 0. The molecule has 0 aromatic heterocycles. The number of para-hydroxylation sites is 1. The molecule has 5 heteroatoms. The predicted octanol–water partition coefficient (Wildman–Crippen LogP) is 2.29. The number of fused-ring (bicyclic) bond motifs is 1. The molecule has 1 aliphatic heterocycles. The van der Waals surface area contributed by atoms with Crippen LogP contribution in [0.2, 0.25) is 0 Å². The van der Waals surface area contributed by atoms with Gasteiger partial charge in [0.15, 0.2) is 4.83 Å². The van der Waals surface area contributed by atoms with Crippen molar-refractivity contribution in [3.8, 4) is 0 Å². The molecule has 12 heavy (non-hydrogen) atoms. The van der Waals surface area contributed by atoms with Crippen molar-refractivity contribution in [2.75, 3.05) is 4.42 Å². The molecule has 0 bridgehead atoms. The Hall–Kier alpha value is -0.250. The third kappa shape index (κ3) is 1.04. The standard InChI is InChI=1S/C7H5Cl2NOS/c8-7-10(9)5-3-1-2-4-6(5)12(7)11/h1-4,7H. The molecule has 1 aromatic carbocycles. The van der Waals surface area contributed by atoms with Gasteiger partial charge in [0, 0.05) is 11.8 Å². The van der Waals surface area contributed by atoms with Gasteiger partial charge in [0.2, 0.25) is 0 Å². The minimum Gasteiger partial charge on any atom is -0.254 e. The molecule has 1 heterocycles. The van der Waals surface area contributed by atoms with Crippen LogP contribution in [-0.4, -0.2) is 9.04 Å². The molecule has 2 rings (SSSR count). The highest BCUT2D eigenvalue weighted by molar-refractivity contribution is 7.87. The van der Waals surface area contributed by atoms with Crippen LogP contribution in [0.25, 0.3) is 0 Å². The van der Waals surface area contributed by atoms with E-state index in [0.29, 0.717) is 4.90 Å². The van der Waals surface area contributed by atoms with E-state index in [0.717, 1.165) is 5.69 Å². The lowest BCUT2D eigenvalue weighted by atomic mass is 10.3. The maximum Gasteiger partial charge on any atom is 0.199 e. The molecule has 0 fully saturated rings. The van der Waals surface area contributed by atoms with E-state index in [1.807, 2.05) is 12.1 Å². The minimum absolute atomic E-state index is 0.649. The molecule has 64 valence electrons. The van der Waals surface area contributed by atoms with Crippen molar-refractivity contribution in [1.82, 2.24) is 0 Å². The average Bonchev–Trinajstić information content (AvgIpc) is 2.33. The van der Waals surface area contributed by atoms with Crippen LogP contribution in [0, 0.1) is 0 Å². The third-order valence-electron chi connectivity index (χ3n) is 1.67. The summed E-state index contributed by atoms with van der Waals surface area (Å²) < 4.78 is 12.8. The average molecular weight is 222 g/mol. The lowest BCUT2D eigenvalue weighted by molar-refractivity contribution is 0.684. The molecule has 1 aromatic rings. The molecule has 0 saturated carbocycles. The monoisotopic (exact) mass is 221 g/mol. The van der Waals surface area contributed by atoms with Gasteiger partial charge in [0.1, 0.15) is 0 Å². The zero-order valence-electron chi connectivity index (χ0n) is 5.91. The van der Waals surface area contributed by atoms with Gasteiger partial charge in [0.05, 0.1) is 21.4 Å². The van der Waals surface area contributed by atoms with Crippen molar-refractivity contribution in [3.05, 3.63) is 24.3 Å². The summed E-state index contributed by atoms with van der Waals surface area (Å²) >= 11 is 11.6. The Morgan fingerprint density at radius 1 is 1.42 bits per heavy atom. The summed E-state index contributed by atoms with van der Waals surface area (Å²) in [6, 6.07) is 7.21. The molecule has 2 nitrogen and oxygen atoms in total. The van der Waals surface area contributed by atoms with Gasteiger partial charge >= 0.3 is 0 Å². The second-order valence-corrected chi connectivity index (χ2v) is 4.89. The fraction of sp³-hybridized carbons (Fsp3) is 0.143. The highest BCUT2D eigenvalue weighted by Crippen LogP contribution is 2.38. The van der Waals surface area contributed by atoms with Crippen LogP contribution in [0.1, 0.15) is 0 Å². The van der Waals surface area contributed by atoms with Gasteiger partial charge in [-0.25, -0.2) is 0 Å². The first-order valence-corrected chi connectivity index (χ1v) is 5.29. The molecular weight excluding hydrogens is 217 g/mol. The van der Waals surface area contributed by atoms with Crippen molar-refractivity contribution in [2.24, 2.45) is 0 Å². The van der Waals surface area contributed by atoms with Gasteiger partial charge in [-0.05, 0) is 12.1 Å². The number of hydrogen-bond donors (Lipinski definition) is 0. The number of benzene rings is 1. The van der Waals surface area contributed by atoms with Crippen molar-refractivity contribution in [1.29, 1.82) is 0 Å². The number of halogens is 2. The van der Waals surface area contributed by atoms with E-state index >= 15 is 0 Å². The molecule has 2 atom stereocenters. The van der Waals surface area contributed by atoms with Crippen molar-refractivity contribution in [2.45, 2.75) is 9.73 Å². The summed E-state index contributed by atoms with van der Waals surface area (Å²) in [6.45, 7) is 0. The minimum atomic E-state index is -1.21. The van der Waals surface area contributed by atoms with E-state index < -0.39 is 15.6 Å². The summed E-state index contributed by atoms with van der Waals surface area (Å²) in [4.78, 5) is 0.0524. The van der Waals surface area contributed by atoms with Crippen LogP contribution in [0.3, 0.4) is 0 Å². The Balaban J connectivity index is 2.59. The third-order valence-corrected chi connectivity index (χ3v) is 4.28. The van der Waals surface area contributed by atoms with Crippen LogP contribution in [0.5, 0.6) is 0 Å². The van der Waals surface area contributed by atoms with E-state index in [-0.39, 0.29) is 0 Å². The Labute approximate surface area is 82.6 Å². The van der Waals surface area contributed by atoms with Crippen LogP contribution in [-0.2, 0) is 10.8 Å². The van der Waals surface area contributed by atoms with Gasteiger partial charge < -0.3 is 0 Å². The molecule has 0 aliphatic carbocycles. The molecule has 0 saturated heterocycles. The molecule has 0 spiro atoms.